The maximum atomic E-state index is 12.9. The fourth-order valence-corrected chi connectivity index (χ4v) is 3.36. The molecule has 0 bridgehead atoms. The van der Waals surface area contributed by atoms with E-state index in [1.54, 1.807) is 0 Å². The van der Waals surface area contributed by atoms with E-state index < -0.39 is 23.4 Å². The van der Waals surface area contributed by atoms with Crippen molar-refractivity contribution in [2.45, 2.75) is 6.18 Å². The lowest BCUT2D eigenvalue weighted by Crippen LogP contribution is -2.48. The zero-order valence-electron chi connectivity index (χ0n) is 15.8. The Kier molecular flexibility index (Phi) is 6.56. The molecule has 1 amide bonds. The number of hydrogen-bond acceptors (Lipinski definition) is 6. The smallest absolute Gasteiger partial charge is 0.395 e. The molecule has 158 valence electrons. The average Bonchev–Trinajstić information content (AvgIpc) is 2.67. The molecule has 3 N–H and O–H groups in total. The summed E-state index contributed by atoms with van der Waals surface area (Å²) in [7, 11) is 0. The van der Waals surface area contributed by atoms with Crippen molar-refractivity contribution in [1.82, 2.24) is 15.1 Å². The molecule has 2 aliphatic heterocycles. The van der Waals surface area contributed by atoms with Crippen LogP contribution in [0, 0.1) is 0 Å². The van der Waals surface area contributed by atoms with E-state index in [-0.39, 0.29) is 23.4 Å². The second-order valence-electron chi connectivity index (χ2n) is 6.96. The number of β-amino-alcohol motifs (C(OH)–C–C–N with tert-alkyl or cyclic N) is 1. The van der Waals surface area contributed by atoms with Crippen LogP contribution in [0.1, 0.15) is 15.9 Å². The molecule has 0 saturated carbocycles. The number of halogens is 3. The number of fused-ring (bicyclic) bond motifs is 1. The first-order valence-corrected chi connectivity index (χ1v) is 9.36. The fourth-order valence-electron chi connectivity index (χ4n) is 3.36. The van der Waals surface area contributed by atoms with Crippen molar-refractivity contribution in [3.63, 3.8) is 0 Å². The molecule has 1 aromatic carbocycles. The molecule has 10 heteroatoms. The van der Waals surface area contributed by atoms with Crippen LogP contribution < -0.4 is 10.6 Å². The Bertz CT molecular complexity index is 802. The van der Waals surface area contributed by atoms with E-state index in [0.717, 1.165) is 44.4 Å². The fraction of sp³-hybridized carbons (Fsp3) is 0.474. The molecule has 1 aromatic rings. The molecule has 1 fully saturated rings. The van der Waals surface area contributed by atoms with Crippen LogP contribution >= 0.6 is 0 Å². The Hall–Kier alpha value is -2.43. The van der Waals surface area contributed by atoms with Crippen molar-refractivity contribution in [2.24, 2.45) is 0 Å². The highest BCUT2D eigenvalue weighted by Crippen LogP contribution is 2.34. The van der Waals surface area contributed by atoms with Gasteiger partial charge in [0.15, 0.2) is 0 Å². The lowest BCUT2D eigenvalue weighted by atomic mass is 9.95. The molecular formula is C19H23F3N4O3. The van der Waals surface area contributed by atoms with Gasteiger partial charge in [-0.05, 0) is 18.2 Å². The summed E-state index contributed by atoms with van der Waals surface area (Å²) in [5.74, 6) is -1.38. The van der Waals surface area contributed by atoms with Crippen LogP contribution in [0.15, 0.2) is 30.0 Å². The van der Waals surface area contributed by atoms with E-state index in [1.165, 1.54) is 6.20 Å². The maximum Gasteiger partial charge on any atom is 0.416 e. The first-order chi connectivity index (χ1) is 13.8. The molecule has 3 rings (SSSR count). The Labute approximate surface area is 166 Å². The molecule has 2 heterocycles. The number of carbonyl (C=O) groups is 2. The predicted molar refractivity (Wildman–Crippen MR) is 100 cm³/mol. The summed E-state index contributed by atoms with van der Waals surface area (Å²) in [5.41, 5.74) is -1.25. The van der Waals surface area contributed by atoms with Crippen LogP contribution in [0.25, 0.3) is 0 Å². The minimum absolute atomic E-state index is 0.0749. The van der Waals surface area contributed by atoms with Crippen LogP contribution in [0.5, 0.6) is 0 Å². The van der Waals surface area contributed by atoms with Gasteiger partial charge in [0.25, 0.3) is 5.91 Å². The maximum absolute atomic E-state index is 12.9. The summed E-state index contributed by atoms with van der Waals surface area (Å²) < 4.78 is 38.7. The van der Waals surface area contributed by atoms with Gasteiger partial charge >= 0.3 is 6.18 Å². The van der Waals surface area contributed by atoms with Crippen LogP contribution in [-0.4, -0.2) is 79.0 Å². The van der Waals surface area contributed by atoms with Crippen LogP contribution in [0.4, 0.5) is 18.9 Å². The molecular weight excluding hydrogens is 389 g/mol. The van der Waals surface area contributed by atoms with E-state index in [4.69, 9.17) is 5.11 Å². The lowest BCUT2D eigenvalue weighted by Gasteiger charge is -2.34. The van der Waals surface area contributed by atoms with Gasteiger partial charge in [-0.3, -0.25) is 19.4 Å². The van der Waals surface area contributed by atoms with E-state index >= 15 is 0 Å². The molecule has 2 aliphatic rings. The van der Waals surface area contributed by atoms with Crippen molar-refractivity contribution < 1.29 is 27.9 Å². The van der Waals surface area contributed by atoms with Crippen molar-refractivity contribution in [3.8, 4) is 0 Å². The molecule has 0 spiro atoms. The second kappa shape index (κ2) is 8.93. The third-order valence-corrected chi connectivity index (χ3v) is 5.03. The van der Waals surface area contributed by atoms with Gasteiger partial charge in [0.2, 0.25) is 5.78 Å². The number of Topliss-reactive ketones (excluding diaryl/α,β-unsaturated/α-hetero) is 1. The highest BCUT2D eigenvalue weighted by molar-refractivity contribution is 6.33. The zero-order valence-corrected chi connectivity index (χ0v) is 15.8. The van der Waals surface area contributed by atoms with Gasteiger partial charge in [-0.1, -0.05) is 0 Å². The Morgan fingerprint density at radius 1 is 1.10 bits per heavy atom. The summed E-state index contributed by atoms with van der Waals surface area (Å²) in [4.78, 5) is 29.1. The summed E-state index contributed by atoms with van der Waals surface area (Å²) in [5, 5.41) is 14.3. The van der Waals surface area contributed by atoms with E-state index in [9.17, 15) is 22.8 Å². The molecule has 0 unspecified atom stereocenters. The van der Waals surface area contributed by atoms with Crippen molar-refractivity contribution in [1.29, 1.82) is 0 Å². The number of nitrogens with one attached hydrogen (secondary N) is 2. The number of aliphatic hydroxyl groups is 1. The number of amides is 1. The molecule has 0 aliphatic carbocycles. The normalized spacial score (nSPS) is 19.9. The number of benzene rings is 1. The minimum Gasteiger partial charge on any atom is -0.395 e. The number of ketones is 1. The molecule has 0 atom stereocenters. The molecule has 29 heavy (non-hydrogen) atoms. The summed E-state index contributed by atoms with van der Waals surface area (Å²) in [6.45, 7) is 5.41. The zero-order chi connectivity index (χ0) is 21.0. The second-order valence-corrected chi connectivity index (χ2v) is 6.96. The van der Waals surface area contributed by atoms with Crippen LogP contribution in [0.2, 0.25) is 0 Å². The molecule has 1 saturated heterocycles. The number of alkyl halides is 3. The van der Waals surface area contributed by atoms with Crippen LogP contribution in [0.3, 0.4) is 0 Å². The van der Waals surface area contributed by atoms with Gasteiger partial charge in [-0.15, -0.1) is 0 Å². The Balaban J connectivity index is 1.58. The first kappa shape index (κ1) is 21.3. The van der Waals surface area contributed by atoms with Crippen molar-refractivity contribution >= 4 is 17.4 Å². The number of rotatable bonds is 6. The van der Waals surface area contributed by atoms with E-state index in [0.29, 0.717) is 19.6 Å². The largest absolute Gasteiger partial charge is 0.416 e. The number of aliphatic hydroxyl groups excluding tert-OH is 1. The van der Waals surface area contributed by atoms with Gasteiger partial charge in [-0.25, -0.2) is 0 Å². The van der Waals surface area contributed by atoms with Gasteiger partial charge < -0.3 is 15.7 Å². The standard InChI is InChI=1S/C19H23F3N4O3/c20-19(21,22)13-1-2-16-14(11-13)17(28)15(18(29)24-16)12-23-3-4-25-5-7-26(8-6-25)9-10-27/h1-2,11-12,23,27H,3-10H2,(H,24,29). The monoisotopic (exact) mass is 412 g/mol. The molecule has 0 aromatic heterocycles. The Morgan fingerprint density at radius 3 is 2.38 bits per heavy atom. The number of carbonyl (C=O) groups excluding carboxylic acids is 2. The Morgan fingerprint density at radius 2 is 1.76 bits per heavy atom. The van der Waals surface area contributed by atoms with Gasteiger partial charge in [0, 0.05) is 57.6 Å². The third-order valence-electron chi connectivity index (χ3n) is 5.03. The number of nitrogens with zero attached hydrogens (tertiary/aromatic N) is 2. The number of piperazine rings is 1. The number of hydrogen-bond donors (Lipinski definition) is 3. The van der Waals surface area contributed by atoms with E-state index in [2.05, 4.69) is 20.4 Å². The minimum atomic E-state index is -4.57. The molecule has 0 radical (unpaired) electrons. The number of anilines is 1. The first-order valence-electron chi connectivity index (χ1n) is 9.36. The third kappa shape index (κ3) is 5.14. The molecule has 7 nitrogen and oxygen atoms in total. The quantitative estimate of drug-likeness (QED) is 0.366. The van der Waals surface area contributed by atoms with Crippen molar-refractivity contribution in [3.05, 3.63) is 41.1 Å². The highest BCUT2D eigenvalue weighted by atomic mass is 19.4. The van der Waals surface area contributed by atoms with Gasteiger partial charge in [-0.2, -0.15) is 13.2 Å². The van der Waals surface area contributed by atoms with Crippen molar-refractivity contribution in [2.75, 3.05) is 57.7 Å². The summed E-state index contributed by atoms with van der Waals surface area (Å²) in [6, 6.07) is 2.69. The lowest BCUT2D eigenvalue weighted by molar-refractivity contribution is -0.137. The van der Waals surface area contributed by atoms with Crippen LogP contribution in [-0.2, 0) is 11.0 Å². The highest BCUT2D eigenvalue weighted by Gasteiger charge is 2.35. The average molecular weight is 412 g/mol. The topological polar surface area (TPSA) is 84.9 Å². The SMILES string of the molecule is O=C1Nc2ccc(C(F)(F)F)cc2C(=O)C1=CNCCN1CCN(CCO)CC1. The van der Waals surface area contributed by atoms with Gasteiger partial charge in [0.1, 0.15) is 5.57 Å². The van der Waals surface area contributed by atoms with E-state index in [1.807, 2.05) is 0 Å². The summed E-state index contributed by atoms with van der Waals surface area (Å²) >= 11 is 0. The predicted octanol–water partition coefficient (Wildman–Crippen LogP) is 0.924. The summed E-state index contributed by atoms with van der Waals surface area (Å²) in [6.07, 6.45) is -3.30. The van der Waals surface area contributed by atoms with Gasteiger partial charge in [0.05, 0.1) is 17.9 Å².